The van der Waals surface area contributed by atoms with Crippen molar-refractivity contribution in [2.75, 3.05) is 0 Å². The third-order valence-electron chi connectivity index (χ3n) is 3.84. The van der Waals surface area contributed by atoms with Gasteiger partial charge in [-0.1, -0.05) is 31.2 Å². The van der Waals surface area contributed by atoms with Crippen molar-refractivity contribution in [3.63, 3.8) is 0 Å². The molecule has 0 aliphatic carbocycles. The van der Waals surface area contributed by atoms with Crippen molar-refractivity contribution in [2.45, 2.75) is 23.7 Å². The smallest absolute Gasteiger partial charge is 0.278 e. The SMILES string of the molecule is CC/C(=C\c1ccc2[nH]ncc2c1)c1ccc(S(=O)C(F)(F)F)cc1. The van der Waals surface area contributed by atoms with E-state index in [1.165, 1.54) is 12.1 Å². The van der Waals surface area contributed by atoms with Crippen molar-refractivity contribution < 1.29 is 17.4 Å². The highest BCUT2D eigenvalue weighted by atomic mass is 32.2. The minimum atomic E-state index is -4.75. The molecule has 0 aliphatic rings. The van der Waals surface area contributed by atoms with Crippen LogP contribution in [0.3, 0.4) is 0 Å². The predicted octanol–water partition coefficient (Wildman–Crippen LogP) is 5.14. The molecule has 1 heterocycles. The Morgan fingerprint density at radius 3 is 2.56 bits per heavy atom. The lowest BCUT2D eigenvalue weighted by Gasteiger charge is -2.09. The summed E-state index contributed by atoms with van der Waals surface area (Å²) in [6.45, 7) is 1.98. The van der Waals surface area contributed by atoms with Gasteiger partial charge in [0.05, 0.1) is 11.7 Å². The first-order chi connectivity index (χ1) is 11.9. The maximum Gasteiger partial charge on any atom is 0.475 e. The topological polar surface area (TPSA) is 45.8 Å². The van der Waals surface area contributed by atoms with Crippen LogP contribution < -0.4 is 0 Å². The Balaban J connectivity index is 1.91. The summed E-state index contributed by atoms with van der Waals surface area (Å²) in [6.07, 6.45) is 4.44. The highest BCUT2D eigenvalue weighted by Gasteiger charge is 2.37. The number of benzene rings is 2. The molecule has 1 aromatic heterocycles. The average molecular weight is 364 g/mol. The third-order valence-corrected chi connectivity index (χ3v) is 4.96. The predicted molar refractivity (Wildman–Crippen MR) is 93.2 cm³/mol. The van der Waals surface area contributed by atoms with Crippen molar-refractivity contribution in [2.24, 2.45) is 0 Å². The molecule has 0 bridgehead atoms. The van der Waals surface area contributed by atoms with E-state index in [0.29, 0.717) is 6.42 Å². The van der Waals surface area contributed by atoms with Gasteiger partial charge < -0.3 is 0 Å². The lowest BCUT2D eigenvalue weighted by molar-refractivity contribution is -0.0384. The van der Waals surface area contributed by atoms with E-state index in [9.17, 15) is 17.4 Å². The second kappa shape index (κ2) is 6.84. The summed E-state index contributed by atoms with van der Waals surface area (Å²) in [5.41, 5.74) is -1.04. The Morgan fingerprint density at radius 1 is 1.20 bits per heavy atom. The number of hydrogen-bond donors (Lipinski definition) is 1. The van der Waals surface area contributed by atoms with Crippen LogP contribution in [-0.4, -0.2) is 19.9 Å². The Morgan fingerprint density at radius 2 is 1.92 bits per heavy atom. The number of fused-ring (bicyclic) bond motifs is 1. The van der Waals surface area contributed by atoms with Gasteiger partial charge in [0.15, 0.2) is 10.8 Å². The number of alkyl halides is 3. The summed E-state index contributed by atoms with van der Waals surface area (Å²) in [4.78, 5) is -0.244. The summed E-state index contributed by atoms with van der Waals surface area (Å²) in [7, 11) is -3.00. The van der Waals surface area contributed by atoms with E-state index in [2.05, 4.69) is 10.2 Å². The molecule has 25 heavy (non-hydrogen) atoms. The molecular formula is C18H15F3N2OS. The zero-order valence-electron chi connectivity index (χ0n) is 13.3. The molecule has 3 rings (SSSR count). The fourth-order valence-electron chi connectivity index (χ4n) is 2.57. The van der Waals surface area contributed by atoms with Crippen LogP contribution in [0.4, 0.5) is 13.2 Å². The standard InChI is InChI=1S/C18H15F3N2OS/c1-2-13(9-12-3-8-17-15(10-12)11-22-23-17)14-4-6-16(7-5-14)25(24)18(19,20)21/h3-11H,2H2,1H3,(H,22,23)/b13-9+. The highest BCUT2D eigenvalue weighted by molar-refractivity contribution is 7.86. The Kier molecular flexibility index (Phi) is 4.76. The molecule has 3 aromatic rings. The number of H-pyrrole nitrogens is 1. The fourth-order valence-corrected chi connectivity index (χ4v) is 3.22. The summed E-state index contributed by atoms with van der Waals surface area (Å²) >= 11 is 0. The van der Waals surface area contributed by atoms with Gasteiger partial charge in [0.1, 0.15) is 0 Å². The number of allylic oxidation sites excluding steroid dienone is 1. The molecule has 0 saturated heterocycles. The molecule has 0 amide bonds. The molecule has 0 aliphatic heterocycles. The van der Waals surface area contributed by atoms with Crippen molar-refractivity contribution >= 4 is 33.4 Å². The monoisotopic (exact) mass is 364 g/mol. The van der Waals surface area contributed by atoms with Crippen LogP contribution >= 0.6 is 0 Å². The molecule has 0 saturated carbocycles. The molecule has 0 radical (unpaired) electrons. The Hall–Kier alpha value is -2.41. The number of nitrogens with zero attached hydrogens (tertiary/aromatic N) is 1. The van der Waals surface area contributed by atoms with Crippen LogP contribution in [-0.2, 0) is 10.8 Å². The maximum atomic E-state index is 12.5. The van der Waals surface area contributed by atoms with Crippen LogP contribution in [0.15, 0.2) is 53.6 Å². The van der Waals surface area contributed by atoms with Crippen LogP contribution in [0.25, 0.3) is 22.6 Å². The number of hydrogen-bond acceptors (Lipinski definition) is 2. The summed E-state index contributed by atoms with van der Waals surface area (Å²) in [5, 5.41) is 7.85. The number of rotatable bonds is 4. The first kappa shape index (κ1) is 17.4. The Labute approximate surface area is 145 Å². The summed E-state index contributed by atoms with van der Waals surface area (Å²) in [6, 6.07) is 11.5. The van der Waals surface area contributed by atoms with Gasteiger partial charge >= 0.3 is 5.51 Å². The van der Waals surface area contributed by atoms with Crippen molar-refractivity contribution in [1.29, 1.82) is 0 Å². The molecule has 2 aromatic carbocycles. The molecular weight excluding hydrogens is 349 g/mol. The van der Waals surface area contributed by atoms with Gasteiger partial charge in [0, 0.05) is 10.3 Å². The van der Waals surface area contributed by atoms with Crippen LogP contribution in [0.5, 0.6) is 0 Å². The van der Waals surface area contributed by atoms with Gasteiger partial charge in [-0.05, 0) is 47.4 Å². The van der Waals surface area contributed by atoms with Crippen molar-refractivity contribution in [1.82, 2.24) is 10.2 Å². The quantitative estimate of drug-likeness (QED) is 0.652. The first-order valence-corrected chi connectivity index (χ1v) is 8.76. The molecule has 130 valence electrons. The minimum absolute atomic E-state index is 0.244. The molecule has 7 heteroatoms. The minimum Gasteiger partial charge on any atom is -0.278 e. The van der Waals surface area contributed by atoms with Gasteiger partial charge in [-0.2, -0.15) is 18.3 Å². The number of halogens is 3. The zero-order chi connectivity index (χ0) is 18.0. The number of nitrogens with one attached hydrogen (secondary N) is 1. The van der Waals surface area contributed by atoms with E-state index in [1.54, 1.807) is 18.3 Å². The van der Waals surface area contributed by atoms with E-state index in [4.69, 9.17) is 0 Å². The molecule has 1 N–H and O–H groups in total. The Bertz CT molecular complexity index is 943. The van der Waals surface area contributed by atoms with Gasteiger partial charge in [-0.15, -0.1) is 0 Å². The largest absolute Gasteiger partial charge is 0.475 e. The summed E-state index contributed by atoms with van der Waals surface area (Å²) in [5.74, 6) is 0. The molecule has 0 fully saturated rings. The van der Waals surface area contributed by atoms with E-state index in [1.807, 2.05) is 31.2 Å². The van der Waals surface area contributed by atoms with E-state index >= 15 is 0 Å². The first-order valence-electron chi connectivity index (χ1n) is 7.61. The second-order valence-corrected chi connectivity index (χ2v) is 6.95. The molecule has 1 unspecified atom stereocenters. The van der Waals surface area contributed by atoms with E-state index in [-0.39, 0.29) is 4.90 Å². The van der Waals surface area contributed by atoms with Crippen LogP contribution in [0.1, 0.15) is 24.5 Å². The van der Waals surface area contributed by atoms with E-state index in [0.717, 1.165) is 27.6 Å². The van der Waals surface area contributed by atoms with Crippen LogP contribution in [0.2, 0.25) is 0 Å². The second-order valence-electron chi connectivity index (χ2n) is 5.48. The number of aromatic amines is 1. The molecule has 0 spiro atoms. The molecule has 3 nitrogen and oxygen atoms in total. The van der Waals surface area contributed by atoms with Crippen LogP contribution in [0, 0.1) is 0 Å². The average Bonchev–Trinajstić information content (AvgIpc) is 3.06. The van der Waals surface area contributed by atoms with Gasteiger partial charge in [0.2, 0.25) is 0 Å². The van der Waals surface area contributed by atoms with Gasteiger partial charge in [0.25, 0.3) is 0 Å². The van der Waals surface area contributed by atoms with Crippen molar-refractivity contribution in [3.8, 4) is 0 Å². The van der Waals surface area contributed by atoms with Gasteiger partial charge in [-0.3, -0.25) is 5.10 Å². The third kappa shape index (κ3) is 3.82. The van der Waals surface area contributed by atoms with E-state index < -0.39 is 16.3 Å². The fraction of sp³-hybridized carbons (Fsp3) is 0.167. The lowest BCUT2D eigenvalue weighted by atomic mass is 10.0. The zero-order valence-corrected chi connectivity index (χ0v) is 14.1. The lowest BCUT2D eigenvalue weighted by Crippen LogP contribution is -2.16. The van der Waals surface area contributed by atoms with Crippen molar-refractivity contribution in [3.05, 3.63) is 59.8 Å². The number of aromatic nitrogens is 2. The van der Waals surface area contributed by atoms with Gasteiger partial charge in [-0.25, -0.2) is 4.21 Å². The summed E-state index contributed by atoms with van der Waals surface area (Å²) < 4.78 is 49.0. The normalized spacial score (nSPS) is 14.0. The molecule has 1 atom stereocenters. The maximum absolute atomic E-state index is 12.5. The highest BCUT2D eigenvalue weighted by Crippen LogP contribution is 2.28.